The molecule has 0 N–H and O–H groups in total. The summed E-state index contributed by atoms with van der Waals surface area (Å²) in [5.74, 6) is -0.112. The summed E-state index contributed by atoms with van der Waals surface area (Å²) in [5.41, 5.74) is 0.613. The number of nitrogens with zero attached hydrogens (tertiary/aromatic N) is 6. The van der Waals surface area contributed by atoms with Crippen LogP contribution >= 0.6 is 0 Å². The van der Waals surface area contributed by atoms with Crippen LogP contribution in [0.5, 0.6) is 0 Å². The van der Waals surface area contributed by atoms with Gasteiger partial charge in [0.2, 0.25) is 5.16 Å². The lowest BCUT2D eigenvalue weighted by molar-refractivity contribution is 0.0603. The molecule has 0 spiro atoms. The molecule has 31 heavy (non-hydrogen) atoms. The van der Waals surface area contributed by atoms with Crippen molar-refractivity contribution >= 4 is 44.4 Å². The number of fused-ring (bicyclic) bond motifs is 4. The number of esters is 1. The number of methoxy groups -OCH3 is 1. The Balaban J connectivity index is 2.05. The van der Waals surface area contributed by atoms with Gasteiger partial charge < -0.3 is 4.74 Å². The van der Waals surface area contributed by atoms with Gasteiger partial charge in [-0.3, -0.25) is 9.00 Å². The number of carbonyl (C=O) groups is 1. The standard InChI is InChI=1S/C20H14N6O4S/c1-30-19(28)11-6-5-7-13-15(11)17-23-16-12(10-22-20(24-16)31(2)29)18(27)26(17)25(13)14-8-3-4-9-21-14/h3-10H,1-2H3. The molecule has 154 valence electrons. The van der Waals surface area contributed by atoms with Crippen molar-refractivity contribution in [3.8, 4) is 5.82 Å². The summed E-state index contributed by atoms with van der Waals surface area (Å²) in [6, 6.07) is 10.3. The van der Waals surface area contributed by atoms with Gasteiger partial charge in [-0.25, -0.2) is 24.4 Å². The molecule has 0 fully saturated rings. The van der Waals surface area contributed by atoms with E-state index in [1.54, 1.807) is 47.3 Å². The van der Waals surface area contributed by atoms with Crippen molar-refractivity contribution in [2.24, 2.45) is 0 Å². The van der Waals surface area contributed by atoms with E-state index in [4.69, 9.17) is 4.74 Å². The lowest BCUT2D eigenvalue weighted by Crippen LogP contribution is -2.22. The van der Waals surface area contributed by atoms with Crippen LogP contribution in [0, 0.1) is 0 Å². The quantitative estimate of drug-likeness (QED) is 0.309. The van der Waals surface area contributed by atoms with Crippen LogP contribution in [0.15, 0.2) is 58.7 Å². The summed E-state index contributed by atoms with van der Waals surface area (Å²) >= 11 is 0. The van der Waals surface area contributed by atoms with Gasteiger partial charge in [0.15, 0.2) is 17.1 Å². The second kappa shape index (κ2) is 7.06. The van der Waals surface area contributed by atoms with Crippen LogP contribution in [0.2, 0.25) is 0 Å². The van der Waals surface area contributed by atoms with Crippen LogP contribution in [-0.4, -0.2) is 52.7 Å². The van der Waals surface area contributed by atoms with Crippen LogP contribution in [0.25, 0.3) is 33.4 Å². The lowest BCUT2D eigenvalue weighted by atomic mass is 10.1. The zero-order valence-corrected chi connectivity index (χ0v) is 17.2. The van der Waals surface area contributed by atoms with E-state index < -0.39 is 22.3 Å². The Morgan fingerprint density at radius 2 is 1.94 bits per heavy atom. The van der Waals surface area contributed by atoms with Crippen LogP contribution in [0.1, 0.15) is 10.4 Å². The first kappa shape index (κ1) is 19.0. The number of pyridine rings is 1. The molecular weight excluding hydrogens is 420 g/mol. The fourth-order valence-electron chi connectivity index (χ4n) is 3.48. The number of rotatable bonds is 3. The average molecular weight is 434 g/mol. The highest BCUT2D eigenvalue weighted by atomic mass is 32.2. The summed E-state index contributed by atoms with van der Waals surface area (Å²) in [6.07, 6.45) is 4.35. The van der Waals surface area contributed by atoms with Crippen LogP contribution in [-0.2, 0) is 15.5 Å². The molecule has 0 saturated carbocycles. The number of aromatic nitrogens is 6. The Labute approximate surface area is 176 Å². The summed E-state index contributed by atoms with van der Waals surface area (Å²) in [5, 5.41) is 0.619. The Morgan fingerprint density at radius 3 is 2.65 bits per heavy atom. The topological polar surface area (TPSA) is 121 Å². The highest BCUT2D eigenvalue weighted by Crippen LogP contribution is 2.27. The van der Waals surface area contributed by atoms with Gasteiger partial charge in [-0.15, -0.1) is 0 Å². The molecule has 5 aromatic rings. The van der Waals surface area contributed by atoms with Gasteiger partial charge >= 0.3 is 5.97 Å². The molecule has 4 aromatic heterocycles. The molecule has 0 bridgehead atoms. The zero-order valence-electron chi connectivity index (χ0n) is 16.3. The minimum atomic E-state index is -1.45. The third kappa shape index (κ3) is 2.81. The van der Waals surface area contributed by atoms with Crippen molar-refractivity contribution in [2.45, 2.75) is 5.16 Å². The van der Waals surface area contributed by atoms with Crippen molar-refractivity contribution in [1.29, 1.82) is 0 Å². The molecule has 0 aliphatic rings. The number of ether oxygens (including phenoxy) is 1. The first-order valence-electron chi connectivity index (χ1n) is 9.07. The van der Waals surface area contributed by atoms with E-state index in [1.807, 2.05) is 0 Å². The summed E-state index contributed by atoms with van der Waals surface area (Å²) in [6.45, 7) is 0. The van der Waals surface area contributed by atoms with Crippen molar-refractivity contribution in [3.63, 3.8) is 0 Å². The predicted molar refractivity (Wildman–Crippen MR) is 113 cm³/mol. The third-order valence-electron chi connectivity index (χ3n) is 4.80. The smallest absolute Gasteiger partial charge is 0.338 e. The van der Waals surface area contributed by atoms with Crippen LogP contribution < -0.4 is 5.56 Å². The van der Waals surface area contributed by atoms with E-state index in [2.05, 4.69) is 19.9 Å². The molecule has 1 unspecified atom stereocenters. The van der Waals surface area contributed by atoms with Gasteiger partial charge in [-0.2, -0.15) is 9.50 Å². The van der Waals surface area contributed by atoms with Gasteiger partial charge in [0.25, 0.3) is 5.56 Å². The van der Waals surface area contributed by atoms with Gasteiger partial charge in [-0.05, 0) is 24.3 Å². The van der Waals surface area contributed by atoms with Gasteiger partial charge in [0.1, 0.15) is 5.39 Å². The molecule has 0 aliphatic carbocycles. The molecule has 1 aromatic carbocycles. The first-order valence-corrected chi connectivity index (χ1v) is 10.6. The van der Waals surface area contributed by atoms with Gasteiger partial charge in [-0.1, -0.05) is 12.1 Å². The predicted octanol–water partition coefficient (Wildman–Crippen LogP) is 1.50. The van der Waals surface area contributed by atoms with Crippen molar-refractivity contribution < 1.29 is 13.7 Å². The largest absolute Gasteiger partial charge is 0.465 e. The Hall–Kier alpha value is -3.99. The minimum Gasteiger partial charge on any atom is -0.465 e. The van der Waals surface area contributed by atoms with Crippen molar-refractivity contribution in [3.05, 3.63) is 64.7 Å². The summed E-state index contributed by atoms with van der Waals surface area (Å²) in [7, 11) is -0.169. The molecule has 0 aliphatic heterocycles. The molecule has 0 radical (unpaired) electrons. The van der Waals surface area contributed by atoms with Crippen molar-refractivity contribution in [1.82, 2.24) is 29.1 Å². The SMILES string of the molecule is COC(=O)c1cccc2c1c1nc3nc(S(C)=O)ncc3c(=O)n1n2-c1ccccn1. The molecule has 10 nitrogen and oxygen atoms in total. The van der Waals surface area contributed by atoms with Gasteiger partial charge in [0.05, 0.1) is 34.4 Å². The van der Waals surface area contributed by atoms with E-state index in [-0.39, 0.29) is 27.4 Å². The molecule has 1 atom stereocenters. The maximum atomic E-state index is 13.5. The fraction of sp³-hybridized carbons (Fsp3) is 0.100. The van der Waals surface area contributed by atoms with Crippen molar-refractivity contribution in [2.75, 3.05) is 13.4 Å². The molecule has 5 rings (SSSR count). The molecule has 0 saturated heterocycles. The Morgan fingerprint density at radius 1 is 1.10 bits per heavy atom. The molecular formula is C20H14N6O4S. The molecule has 11 heteroatoms. The lowest BCUT2D eigenvalue weighted by Gasteiger charge is -2.07. The number of benzene rings is 1. The highest BCUT2D eigenvalue weighted by Gasteiger charge is 2.23. The van der Waals surface area contributed by atoms with Gasteiger partial charge in [0, 0.05) is 18.6 Å². The molecule has 4 heterocycles. The maximum Gasteiger partial charge on any atom is 0.338 e. The maximum absolute atomic E-state index is 13.5. The highest BCUT2D eigenvalue weighted by molar-refractivity contribution is 7.84. The fourth-order valence-corrected chi connectivity index (χ4v) is 3.90. The first-order chi connectivity index (χ1) is 15.0. The Kier molecular flexibility index (Phi) is 4.33. The van der Waals surface area contributed by atoms with E-state index in [9.17, 15) is 13.8 Å². The van der Waals surface area contributed by atoms with Crippen LogP contribution in [0.4, 0.5) is 0 Å². The number of hydrogen-bond acceptors (Lipinski definition) is 8. The second-order valence-electron chi connectivity index (χ2n) is 6.59. The molecule has 0 amide bonds. The normalized spacial score (nSPS) is 12.5. The average Bonchev–Trinajstić information content (AvgIpc) is 3.13. The second-order valence-corrected chi connectivity index (χ2v) is 7.86. The number of carbonyl (C=O) groups excluding carboxylic acids is 1. The van der Waals surface area contributed by atoms with E-state index in [0.717, 1.165) is 0 Å². The van der Waals surface area contributed by atoms with E-state index in [0.29, 0.717) is 16.7 Å². The monoisotopic (exact) mass is 434 g/mol. The Bertz CT molecular complexity index is 1590. The van der Waals surface area contributed by atoms with E-state index >= 15 is 0 Å². The zero-order chi connectivity index (χ0) is 21.7. The number of hydrogen-bond donors (Lipinski definition) is 0. The minimum absolute atomic E-state index is 0.0606. The summed E-state index contributed by atoms with van der Waals surface area (Å²) in [4.78, 5) is 43.1. The van der Waals surface area contributed by atoms with E-state index in [1.165, 1.54) is 24.1 Å². The summed E-state index contributed by atoms with van der Waals surface area (Å²) < 4.78 is 19.7. The third-order valence-corrected chi connectivity index (χ3v) is 5.52. The van der Waals surface area contributed by atoms with Crippen LogP contribution in [0.3, 0.4) is 0 Å².